The number of hydrogen-bond donors (Lipinski definition) is 0. The smallest absolute Gasteiger partial charge is 0.363 e. The van der Waals surface area contributed by atoms with Crippen molar-refractivity contribution in [3.63, 3.8) is 0 Å². The molecule has 1 aliphatic heterocycles. The number of cyclic esters (lactones) is 1. The summed E-state index contributed by atoms with van der Waals surface area (Å²) in [6.45, 7) is 0. The summed E-state index contributed by atoms with van der Waals surface area (Å²) in [5.74, 6) is -0.465. The van der Waals surface area contributed by atoms with Crippen LogP contribution in [0, 0.1) is 0 Å². The Balaban J connectivity index is 1.78. The van der Waals surface area contributed by atoms with Gasteiger partial charge in [-0.05, 0) is 24.3 Å². The van der Waals surface area contributed by atoms with Gasteiger partial charge in [0.05, 0.1) is 16.3 Å². The highest BCUT2D eigenvalue weighted by Gasteiger charge is 2.26. The molecule has 5 nitrogen and oxygen atoms in total. The van der Waals surface area contributed by atoms with Crippen LogP contribution in [0.5, 0.6) is 0 Å². The maximum atomic E-state index is 12.1. The van der Waals surface area contributed by atoms with Gasteiger partial charge < -0.3 is 4.74 Å². The highest BCUT2D eigenvalue weighted by Crippen LogP contribution is 2.28. The van der Waals surface area contributed by atoms with Gasteiger partial charge in [0.1, 0.15) is 0 Å². The van der Waals surface area contributed by atoms with Gasteiger partial charge >= 0.3 is 5.97 Å². The van der Waals surface area contributed by atoms with E-state index in [0.717, 1.165) is 4.96 Å². The fourth-order valence-electron chi connectivity index (χ4n) is 2.22. The molecule has 0 saturated heterocycles. The SMILES string of the molecule is O=C1OC(c2ccc(Cl)cc2Cl)=N/C1=C\c1c(Cl)nc2sccn12. The summed E-state index contributed by atoms with van der Waals surface area (Å²) in [6, 6.07) is 4.84. The van der Waals surface area contributed by atoms with E-state index in [9.17, 15) is 4.79 Å². The minimum Gasteiger partial charge on any atom is -0.402 e. The number of nitrogens with zero attached hydrogens (tertiary/aromatic N) is 3. The Morgan fingerprint density at radius 1 is 1.25 bits per heavy atom. The van der Waals surface area contributed by atoms with Gasteiger partial charge in [0, 0.05) is 16.6 Å². The van der Waals surface area contributed by atoms with Crippen LogP contribution in [0.4, 0.5) is 0 Å². The molecule has 0 atom stereocenters. The lowest BCUT2D eigenvalue weighted by molar-refractivity contribution is -0.129. The molecule has 24 heavy (non-hydrogen) atoms. The van der Waals surface area contributed by atoms with Crippen LogP contribution < -0.4 is 0 Å². The van der Waals surface area contributed by atoms with Crippen molar-refractivity contribution in [2.45, 2.75) is 0 Å². The second-order valence-corrected chi connectivity index (χ2v) is 6.88. The first-order valence-electron chi connectivity index (χ1n) is 6.62. The van der Waals surface area contributed by atoms with Gasteiger partial charge in [0.2, 0.25) is 5.90 Å². The molecule has 0 amide bonds. The minimum atomic E-state index is -0.586. The van der Waals surface area contributed by atoms with Gasteiger partial charge in [-0.1, -0.05) is 34.8 Å². The second-order valence-electron chi connectivity index (χ2n) is 4.80. The van der Waals surface area contributed by atoms with Crippen LogP contribution in [-0.4, -0.2) is 21.3 Å². The molecule has 0 fully saturated rings. The number of fused-ring (bicyclic) bond motifs is 1. The van der Waals surface area contributed by atoms with Gasteiger partial charge in [0.25, 0.3) is 0 Å². The van der Waals surface area contributed by atoms with E-state index < -0.39 is 5.97 Å². The van der Waals surface area contributed by atoms with Crippen LogP contribution in [0.3, 0.4) is 0 Å². The number of carbonyl (C=O) groups excluding carboxylic acids is 1. The molecule has 1 aromatic carbocycles. The van der Waals surface area contributed by atoms with E-state index in [-0.39, 0.29) is 16.7 Å². The third kappa shape index (κ3) is 2.61. The molecule has 0 saturated carbocycles. The summed E-state index contributed by atoms with van der Waals surface area (Å²) in [7, 11) is 0. The first-order valence-corrected chi connectivity index (χ1v) is 8.63. The van der Waals surface area contributed by atoms with Gasteiger partial charge in [-0.15, -0.1) is 11.3 Å². The highest BCUT2D eigenvalue weighted by atomic mass is 35.5. The molecule has 1 aliphatic rings. The van der Waals surface area contributed by atoms with Crippen molar-refractivity contribution in [3.05, 3.63) is 61.9 Å². The number of benzene rings is 1. The summed E-state index contributed by atoms with van der Waals surface area (Å²) in [5, 5.41) is 2.99. The summed E-state index contributed by atoms with van der Waals surface area (Å²) in [6.07, 6.45) is 3.35. The average molecular weight is 399 g/mol. The standard InChI is InChI=1S/C15H6Cl3N3O2S/c16-7-1-2-8(9(17)5-7)13-19-10(14(22)23-13)6-11-12(18)20-15-21(11)3-4-24-15/h1-6H/b10-6-. The quantitative estimate of drug-likeness (QED) is 0.464. The Hall–Kier alpha value is -1.86. The van der Waals surface area contributed by atoms with Gasteiger partial charge in [0.15, 0.2) is 15.8 Å². The van der Waals surface area contributed by atoms with E-state index in [1.54, 1.807) is 22.6 Å². The lowest BCUT2D eigenvalue weighted by atomic mass is 10.2. The summed E-state index contributed by atoms with van der Waals surface area (Å²) >= 11 is 19.6. The average Bonchev–Trinajstić information content (AvgIpc) is 3.18. The van der Waals surface area contributed by atoms with Crippen molar-refractivity contribution in [1.82, 2.24) is 9.38 Å². The monoisotopic (exact) mass is 397 g/mol. The summed E-state index contributed by atoms with van der Waals surface area (Å²) in [5.41, 5.74) is 1.16. The molecule has 120 valence electrons. The molecule has 0 bridgehead atoms. The van der Waals surface area contributed by atoms with Crippen LogP contribution in [0.25, 0.3) is 11.0 Å². The number of esters is 1. The van der Waals surface area contributed by atoms with Crippen LogP contribution in [0.15, 0.2) is 40.5 Å². The molecule has 0 radical (unpaired) electrons. The highest BCUT2D eigenvalue weighted by molar-refractivity contribution is 7.15. The largest absolute Gasteiger partial charge is 0.402 e. The van der Waals surface area contributed by atoms with E-state index in [0.29, 0.717) is 21.3 Å². The van der Waals surface area contributed by atoms with E-state index in [2.05, 4.69) is 9.98 Å². The van der Waals surface area contributed by atoms with Crippen molar-refractivity contribution in [3.8, 4) is 0 Å². The van der Waals surface area contributed by atoms with Gasteiger partial charge in [-0.2, -0.15) is 0 Å². The molecular formula is C15H6Cl3N3O2S. The topological polar surface area (TPSA) is 56.0 Å². The fourth-order valence-corrected chi connectivity index (χ4v) is 3.71. The predicted octanol–water partition coefficient (Wildman–Crippen LogP) is 4.70. The zero-order valence-corrected chi connectivity index (χ0v) is 14.7. The van der Waals surface area contributed by atoms with E-state index in [1.807, 2.05) is 11.6 Å². The molecule has 3 aromatic rings. The number of aliphatic imine (C=N–C) groups is 1. The third-order valence-corrected chi connectivity index (χ3v) is 4.89. The van der Waals surface area contributed by atoms with Crippen molar-refractivity contribution < 1.29 is 9.53 Å². The van der Waals surface area contributed by atoms with Crippen LogP contribution in [0.1, 0.15) is 11.3 Å². The molecule has 3 heterocycles. The van der Waals surface area contributed by atoms with Crippen LogP contribution >= 0.6 is 46.1 Å². The number of aromatic nitrogens is 2. The lowest BCUT2D eigenvalue weighted by Crippen LogP contribution is -2.06. The van der Waals surface area contributed by atoms with Crippen molar-refractivity contribution in [2.75, 3.05) is 0 Å². The van der Waals surface area contributed by atoms with Crippen molar-refractivity contribution >= 4 is 69.0 Å². The molecule has 0 N–H and O–H groups in total. The number of rotatable bonds is 2. The third-order valence-electron chi connectivity index (χ3n) is 3.31. The maximum Gasteiger partial charge on any atom is 0.363 e. The number of hydrogen-bond acceptors (Lipinski definition) is 5. The van der Waals surface area contributed by atoms with E-state index >= 15 is 0 Å². The summed E-state index contributed by atoms with van der Waals surface area (Å²) < 4.78 is 6.98. The molecule has 0 spiro atoms. The molecule has 4 rings (SSSR count). The molecule has 2 aromatic heterocycles. The normalized spacial score (nSPS) is 16.0. The first kappa shape index (κ1) is 15.7. The number of thiazole rings is 1. The Labute approximate surface area is 154 Å². The van der Waals surface area contributed by atoms with Crippen molar-refractivity contribution in [2.24, 2.45) is 4.99 Å². The van der Waals surface area contributed by atoms with Crippen LogP contribution in [-0.2, 0) is 9.53 Å². The predicted molar refractivity (Wildman–Crippen MR) is 95.1 cm³/mol. The molecular weight excluding hydrogens is 393 g/mol. The van der Waals surface area contributed by atoms with Gasteiger partial charge in [-0.3, -0.25) is 4.40 Å². The minimum absolute atomic E-state index is 0.117. The Morgan fingerprint density at radius 3 is 2.88 bits per heavy atom. The lowest BCUT2D eigenvalue weighted by Gasteiger charge is -2.02. The molecule has 0 unspecified atom stereocenters. The second kappa shape index (κ2) is 5.89. The summed E-state index contributed by atoms with van der Waals surface area (Å²) in [4.78, 5) is 21.3. The Morgan fingerprint density at radius 2 is 2.08 bits per heavy atom. The Kier molecular flexibility index (Phi) is 3.85. The fraction of sp³-hybridized carbons (Fsp3) is 0. The molecule has 0 aliphatic carbocycles. The number of ether oxygens (including phenoxy) is 1. The zero-order chi connectivity index (χ0) is 16.8. The zero-order valence-electron chi connectivity index (χ0n) is 11.7. The first-order chi connectivity index (χ1) is 11.5. The number of imidazole rings is 1. The van der Waals surface area contributed by atoms with E-state index in [1.165, 1.54) is 17.4 Å². The van der Waals surface area contributed by atoms with E-state index in [4.69, 9.17) is 39.5 Å². The van der Waals surface area contributed by atoms with Crippen LogP contribution in [0.2, 0.25) is 15.2 Å². The molecule has 9 heteroatoms. The van der Waals surface area contributed by atoms with Crippen molar-refractivity contribution in [1.29, 1.82) is 0 Å². The number of halogens is 3. The number of carbonyl (C=O) groups is 1. The Bertz CT molecular complexity index is 1050. The maximum absolute atomic E-state index is 12.1. The van der Waals surface area contributed by atoms with Gasteiger partial charge in [-0.25, -0.2) is 14.8 Å².